The van der Waals surface area contributed by atoms with Gasteiger partial charge in [0.05, 0.1) is 0 Å². The molecule has 0 N–H and O–H groups in total. The molecule has 0 saturated carbocycles. The number of carbonyl (C=O) groups excluding carboxylic acids is 3. The van der Waals surface area contributed by atoms with Gasteiger partial charge in [-0.25, -0.2) is 0 Å². The van der Waals surface area contributed by atoms with E-state index in [9.17, 15) is 14.4 Å². The van der Waals surface area contributed by atoms with Crippen molar-refractivity contribution in [3.05, 3.63) is 85.1 Å². The molecule has 0 fully saturated rings. The quantitative estimate of drug-likeness (QED) is 0.0262. The summed E-state index contributed by atoms with van der Waals surface area (Å²) in [5.74, 6) is -0.901. The molecule has 0 aliphatic rings. The molecular weight excluding hydrogens is 841 g/mol. The zero-order valence-electron chi connectivity index (χ0n) is 44.6. The molecule has 1 unspecified atom stereocenters. The van der Waals surface area contributed by atoms with Crippen LogP contribution in [0.3, 0.4) is 0 Å². The number of hydrogen-bond acceptors (Lipinski definition) is 6. The maximum atomic E-state index is 12.9. The van der Waals surface area contributed by atoms with E-state index in [4.69, 9.17) is 14.2 Å². The van der Waals surface area contributed by atoms with Gasteiger partial charge >= 0.3 is 17.9 Å². The average Bonchev–Trinajstić information content (AvgIpc) is 3.34. The lowest BCUT2D eigenvalue weighted by molar-refractivity contribution is -0.167. The molecule has 390 valence electrons. The molecule has 0 rings (SSSR count). The van der Waals surface area contributed by atoms with Crippen molar-refractivity contribution >= 4 is 17.9 Å². The fourth-order valence-electron chi connectivity index (χ4n) is 7.92. The predicted octanol–water partition coefficient (Wildman–Crippen LogP) is 19.2. The zero-order valence-corrected chi connectivity index (χ0v) is 44.6. The van der Waals surface area contributed by atoms with E-state index >= 15 is 0 Å². The average molecular weight is 948 g/mol. The van der Waals surface area contributed by atoms with Gasteiger partial charge in [0.2, 0.25) is 0 Å². The largest absolute Gasteiger partial charge is 0.462 e. The molecule has 6 heteroatoms. The third kappa shape index (κ3) is 53.5. The Bertz CT molecular complexity index is 1320. The first-order valence-corrected chi connectivity index (χ1v) is 28.6. The summed E-state index contributed by atoms with van der Waals surface area (Å²) in [6.07, 6.45) is 72.8. The molecule has 68 heavy (non-hydrogen) atoms. The van der Waals surface area contributed by atoms with E-state index in [0.717, 1.165) is 116 Å². The molecule has 0 bridgehead atoms. The summed E-state index contributed by atoms with van der Waals surface area (Å²) in [4.78, 5) is 38.2. The highest BCUT2D eigenvalue weighted by molar-refractivity contribution is 5.71. The van der Waals surface area contributed by atoms with Crippen molar-refractivity contribution < 1.29 is 28.6 Å². The zero-order chi connectivity index (χ0) is 49.3. The minimum absolute atomic E-state index is 0.0834. The SMILES string of the molecule is CC/C=C\C/C=C\C/C=C\C/C=C\CCCCCCCCC(=O)OCC(COC(=O)CCCCCCCCCCCCCCCC)OC(=O)CCCCCCCCC/C=C\C/C=C\C/C=C\CC. The van der Waals surface area contributed by atoms with Gasteiger partial charge in [0.15, 0.2) is 6.10 Å². The predicted molar refractivity (Wildman–Crippen MR) is 293 cm³/mol. The van der Waals surface area contributed by atoms with Crippen LogP contribution in [0.4, 0.5) is 0 Å². The number of esters is 3. The smallest absolute Gasteiger partial charge is 0.306 e. The number of carbonyl (C=O) groups is 3. The molecule has 0 saturated heterocycles. The standard InChI is InChI=1S/C62H106O6/c1-4-7-10-13-16-19-22-25-28-30-31-33-34-37-40-43-46-49-52-55-61(64)67-58-59(57-66-60(63)54-51-48-45-42-39-36-27-24-21-18-15-12-9-6-3)68-62(65)56-53-50-47-44-41-38-35-32-29-26-23-20-17-14-11-8-5-2/h7-8,10-11,16-17,19-20,25-26,28-29,31,33,59H,4-6,9,12-15,18,21-24,27,30,32,34-58H2,1-3H3/b10-7-,11-8-,19-16-,20-17-,28-25-,29-26-,33-31-. The first-order valence-electron chi connectivity index (χ1n) is 28.6. The van der Waals surface area contributed by atoms with Gasteiger partial charge in [-0.3, -0.25) is 14.4 Å². The number of rotatable bonds is 51. The van der Waals surface area contributed by atoms with Crippen LogP contribution in [0.5, 0.6) is 0 Å². The van der Waals surface area contributed by atoms with Crippen molar-refractivity contribution in [2.45, 2.75) is 277 Å². The molecular formula is C62H106O6. The third-order valence-electron chi connectivity index (χ3n) is 12.1. The lowest BCUT2D eigenvalue weighted by atomic mass is 10.0. The summed E-state index contributed by atoms with van der Waals surface area (Å²) in [7, 11) is 0. The molecule has 0 heterocycles. The number of unbranched alkanes of at least 4 members (excludes halogenated alkanes) is 26. The molecule has 6 nitrogen and oxygen atoms in total. The summed E-state index contributed by atoms with van der Waals surface area (Å²) in [5, 5.41) is 0. The fraction of sp³-hybridized carbons (Fsp3) is 0.726. The minimum atomic E-state index is -0.787. The van der Waals surface area contributed by atoms with Crippen molar-refractivity contribution in [1.82, 2.24) is 0 Å². The lowest BCUT2D eigenvalue weighted by Gasteiger charge is -2.18. The van der Waals surface area contributed by atoms with Gasteiger partial charge in [0, 0.05) is 19.3 Å². The van der Waals surface area contributed by atoms with Crippen LogP contribution in [0.2, 0.25) is 0 Å². The maximum Gasteiger partial charge on any atom is 0.306 e. The Morgan fingerprint density at radius 3 is 0.897 bits per heavy atom. The van der Waals surface area contributed by atoms with Crippen molar-refractivity contribution in [3.8, 4) is 0 Å². The van der Waals surface area contributed by atoms with Gasteiger partial charge in [-0.05, 0) is 89.9 Å². The molecule has 0 amide bonds. The van der Waals surface area contributed by atoms with E-state index in [-0.39, 0.29) is 31.1 Å². The highest BCUT2D eigenvalue weighted by atomic mass is 16.6. The Hall–Kier alpha value is -3.41. The maximum absolute atomic E-state index is 12.9. The molecule has 0 radical (unpaired) electrons. The topological polar surface area (TPSA) is 78.9 Å². The second kappa shape index (κ2) is 56.2. The summed E-state index contributed by atoms with van der Waals surface area (Å²) < 4.78 is 16.9. The highest BCUT2D eigenvalue weighted by Gasteiger charge is 2.19. The molecule has 0 aliphatic carbocycles. The van der Waals surface area contributed by atoms with E-state index in [1.165, 1.54) is 116 Å². The van der Waals surface area contributed by atoms with E-state index in [1.54, 1.807) is 0 Å². The second-order valence-electron chi connectivity index (χ2n) is 18.8. The third-order valence-corrected chi connectivity index (χ3v) is 12.1. The molecule has 1 atom stereocenters. The van der Waals surface area contributed by atoms with Crippen LogP contribution in [0.1, 0.15) is 271 Å². The van der Waals surface area contributed by atoms with Crippen molar-refractivity contribution in [3.63, 3.8) is 0 Å². The van der Waals surface area contributed by atoms with Crippen molar-refractivity contribution in [2.24, 2.45) is 0 Å². The van der Waals surface area contributed by atoms with E-state index < -0.39 is 6.10 Å². The number of ether oxygens (including phenoxy) is 3. The Labute approximate surface area is 420 Å². The van der Waals surface area contributed by atoms with Crippen LogP contribution in [-0.2, 0) is 28.6 Å². The van der Waals surface area contributed by atoms with E-state index in [1.807, 2.05) is 0 Å². The van der Waals surface area contributed by atoms with Gasteiger partial charge in [0.25, 0.3) is 0 Å². The van der Waals surface area contributed by atoms with Gasteiger partial charge in [0.1, 0.15) is 13.2 Å². The van der Waals surface area contributed by atoms with Gasteiger partial charge < -0.3 is 14.2 Å². The molecule has 0 aromatic rings. The lowest BCUT2D eigenvalue weighted by Crippen LogP contribution is -2.30. The summed E-state index contributed by atoms with van der Waals surface area (Å²) in [6.45, 7) is 6.41. The molecule has 0 aromatic carbocycles. The second-order valence-corrected chi connectivity index (χ2v) is 18.8. The van der Waals surface area contributed by atoms with Gasteiger partial charge in [-0.2, -0.15) is 0 Å². The van der Waals surface area contributed by atoms with E-state index in [0.29, 0.717) is 19.3 Å². The summed E-state index contributed by atoms with van der Waals surface area (Å²) >= 11 is 0. The Kier molecular flexibility index (Phi) is 53.4. The Balaban J connectivity index is 4.41. The summed E-state index contributed by atoms with van der Waals surface area (Å²) in [6, 6.07) is 0. The Morgan fingerprint density at radius 2 is 0.574 bits per heavy atom. The van der Waals surface area contributed by atoms with Crippen LogP contribution >= 0.6 is 0 Å². The minimum Gasteiger partial charge on any atom is -0.462 e. The van der Waals surface area contributed by atoms with Crippen LogP contribution in [-0.4, -0.2) is 37.2 Å². The summed E-state index contributed by atoms with van der Waals surface area (Å²) in [5.41, 5.74) is 0. The number of hydrogen-bond donors (Lipinski definition) is 0. The van der Waals surface area contributed by atoms with Crippen LogP contribution < -0.4 is 0 Å². The highest BCUT2D eigenvalue weighted by Crippen LogP contribution is 2.16. The Morgan fingerprint density at radius 1 is 0.309 bits per heavy atom. The molecule has 0 aromatic heterocycles. The number of allylic oxidation sites excluding steroid dienone is 14. The van der Waals surface area contributed by atoms with Crippen molar-refractivity contribution in [1.29, 1.82) is 0 Å². The van der Waals surface area contributed by atoms with Crippen LogP contribution in [0, 0.1) is 0 Å². The van der Waals surface area contributed by atoms with Gasteiger partial charge in [-0.15, -0.1) is 0 Å². The molecule has 0 spiro atoms. The monoisotopic (exact) mass is 947 g/mol. The fourth-order valence-corrected chi connectivity index (χ4v) is 7.92. The van der Waals surface area contributed by atoms with Crippen LogP contribution in [0.15, 0.2) is 85.1 Å². The van der Waals surface area contributed by atoms with Crippen molar-refractivity contribution in [2.75, 3.05) is 13.2 Å². The van der Waals surface area contributed by atoms with Gasteiger partial charge in [-0.1, -0.05) is 247 Å². The normalized spacial score (nSPS) is 12.7. The molecule has 0 aliphatic heterocycles. The van der Waals surface area contributed by atoms with Crippen LogP contribution in [0.25, 0.3) is 0 Å². The van der Waals surface area contributed by atoms with E-state index in [2.05, 4.69) is 106 Å². The first-order chi connectivity index (χ1) is 33.5. The first kappa shape index (κ1) is 64.6.